The van der Waals surface area contributed by atoms with Crippen molar-refractivity contribution in [3.05, 3.63) is 102 Å². The number of hydrogen-bond acceptors (Lipinski definition) is 11. The van der Waals surface area contributed by atoms with Gasteiger partial charge in [-0.15, -0.1) is 0 Å². The van der Waals surface area contributed by atoms with E-state index in [0.717, 1.165) is 74.3 Å². The van der Waals surface area contributed by atoms with E-state index in [1.807, 2.05) is 35.2 Å². The van der Waals surface area contributed by atoms with Gasteiger partial charge in [0.2, 0.25) is 11.8 Å². The van der Waals surface area contributed by atoms with Gasteiger partial charge in [0, 0.05) is 50.9 Å². The summed E-state index contributed by atoms with van der Waals surface area (Å²) in [5, 5.41) is 7.53. The second-order valence-electron chi connectivity index (χ2n) is 17.0. The molecule has 9 rings (SSSR count). The van der Waals surface area contributed by atoms with Gasteiger partial charge in [0.25, 0.3) is 0 Å². The zero-order chi connectivity index (χ0) is 45.4. The molecule has 2 fully saturated rings. The molecule has 16 heteroatoms. The first-order valence-corrected chi connectivity index (χ1v) is 21.9. The molecule has 1 aromatic heterocycles. The van der Waals surface area contributed by atoms with E-state index in [9.17, 15) is 19.2 Å². The number of H-pyrrole nitrogens is 1. The molecule has 1 unspecified atom stereocenters. The number of likely N-dealkylation sites (tertiary alicyclic amines) is 2. The standard InChI is InChI=1S/C49H53N7O9/c1-27(62-3)43(53-48(59)63-4)46(57)56-24-28(25-61-2)18-41(56)45-50-23-39(52-45)31-13-15-33-32(19-31)26-65-42-22-34-30(20-36(33)42)14-16-37-35(34)21-38(51-37)40-12-9-17-55(40)47(58)44(54-49(60)64-5)29-10-7-6-8-11-29/h6-8,10-11,13-16,19-20,22-23,27-28,40-41,43-44H,9,12,17-18,21,24-26H2,1-5H3,(H,50,52)(H,53,59)(H,54,60)/t27-,28+,40+,41+,43+,44?/m1/s1. The average Bonchev–Trinajstić information content (AvgIpc) is 4.18. The second-order valence-corrected chi connectivity index (χ2v) is 17.0. The number of benzene rings is 4. The fraction of sp³-hybridized carbons (Fsp3) is 0.388. The second kappa shape index (κ2) is 18.4. The summed E-state index contributed by atoms with van der Waals surface area (Å²) in [5.41, 5.74) is 8.44. The molecular formula is C49H53N7O9. The van der Waals surface area contributed by atoms with Gasteiger partial charge in [-0.2, -0.15) is 0 Å². The van der Waals surface area contributed by atoms with Crippen LogP contribution in [0, 0.1) is 5.92 Å². The Hall–Kier alpha value is -6.78. The highest BCUT2D eigenvalue weighted by molar-refractivity contribution is 6.06. The van der Waals surface area contributed by atoms with Gasteiger partial charge in [-0.1, -0.05) is 48.5 Å². The van der Waals surface area contributed by atoms with Crippen LogP contribution in [0.5, 0.6) is 5.75 Å². The molecule has 3 N–H and O–H groups in total. The molecule has 0 aliphatic carbocycles. The molecule has 0 bridgehead atoms. The predicted octanol–water partition coefficient (Wildman–Crippen LogP) is 6.80. The number of nitrogens with one attached hydrogen (secondary N) is 3. The molecule has 4 amide bonds. The topological polar surface area (TPSA) is 186 Å². The van der Waals surface area contributed by atoms with E-state index < -0.39 is 30.4 Å². The molecule has 65 heavy (non-hydrogen) atoms. The molecule has 5 heterocycles. The van der Waals surface area contributed by atoms with Gasteiger partial charge in [0.05, 0.1) is 56.6 Å². The molecule has 4 aromatic carbocycles. The minimum atomic E-state index is -0.962. The number of aromatic amines is 1. The minimum Gasteiger partial charge on any atom is -0.488 e. The Kier molecular flexibility index (Phi) is 12.3. The highest BCUT2D eigenvalue weighted by Gasteiger charge is 2.43. The van der Waals surface area contributed by atoms with E-state index in [1.54, 1.807) is 25.1 Å². The van der Waals surface area contributed by atoms with Crippen molar-refractivity contribution in [1.82, 2.24) is 30.4 Å². The van der Waals surface area contributed by atoms with Gasteiger partial charge in [0.15, 0.2) is 0 Å². The summed E-state index contributed by atoms with van der Waals surface area (Å²) in [7, 11) is 5.68. The Morgan fingerprint density at radius 3 is 2.46 bits per heavy atom. The molecule has 16 nitrogen and oxygen atoms in total. The number of imidazole rings is 1. The fourth-order valence-corrected chi connectivity index (χ4v) is 9.86. The number of carbonyl (C=O) groups excluding carboxylic acids is 4. The van der Waals surface area contributed by atoms with Gasteiger partial charge in [-0.05, 0) is 89.0 Å². The van der Waals surface area contributed by atoms with E-state index in [-0.39, 0.29) is 29.8 Å². The third-order valence-corrected chi connectivity index (χ3v) is 13.2. The summed E-state index contributed by atoms with van der Waals surface area (Å²) in [5.74, 6) is 1.01. The van der Waals surface area contributed by atoms with Gasteiger partial charge < -0.3 is 49.1 Å². The third-order valence-electron chi connectivity index (χ3n) is 13.2. The van der Waals surface area contributed by atoms with Crippen molar-refractivity contribution in [2.24, 2.45) is 10.9 Å². The largest absolute Gasteiger partial charge is 0.488 e. The lowest BCUT2D eigenvalue weighted by atomic mass is 9.90. The normalized spacial score (nSPS) is 19.9. The van der Waals surface area contributed by atoms with Crippen LogP contribution in [0.15, 0.2) is 84.0 Å². The number of rotatable bonds is 12. The van der Waals surface area contributed by atoms with Crippen LogP contribution in [0.3, 0.4) is 0 Å². The van der Waals surface area contributed by atoms with Crippen LogP contribution in [0.25, 0.3) is 33.2 Å². The Labute approximate surface area is 376 Å². The summed E-state index contributed by atoms with van der Waals surface area (Å²) in [6.45, 7) is 3.57. The highest BCUT2D eigenvalue weighted by Crippen LogP contribution is 2.45. The number of hydrogen-bond donors (Lipinski definition) is 3. The van der Waals surface area contributed by atoms with E-state index in [2.05, 4.69) is 58.1 Å². The van der Waals surface area contributed by atoms with E-state index >= 15 is 0 Å². The number of amides is 4. The van der Waals surface area contributed by atoms with Crippen molar-refractivity contribution in [1.29, 1.82) is 0 Å². The van der Waals surface area contributed by atoms with E-state index in [1.165, 1.54) is 21.3 Å². The van der Waals surface area contributed by atoms with Crippen LogP contribution in [-0.4, -0.2) is 116 Å². The quantitative estimate of drug-likeness (QED) is 0.120. The first-order valence-electron chi connectivity index (χ1n) is 21.9. The molecule has 0 radical (unpaired) electrons. The lowest BCUT2D eigenvalue weighted by Gasteiger charge is -2.30. The molecule has 5 aromatic rings. The molecule has 4 aliphatic rings. The fourth-order valence-electron chi connectivity index (χ4n) is 9.86. The maximum Gasteiger partial charge on any atom is 0.407 e. The summed E-state index contributed by atoms with van der Waals surface area (Å²) in [4.78, 5) is 69.8. The van der Waals surface area contributed by atoms with Crippen molar-refractivity contribution in [2.75, 3.05) is 48.1 Å². The van der Waals surface area contributed by atoms with Crippen LogP contribution < -0.4 is 15.4 Å². The number of alkyl carbamates (subject to hydrolysis) is 2. The molecule has 0 spiro atoms. The minimum absolute atomic E-state index is 0.0663. The van der Waals surface area contributed by atoms with E-state index in [4.69, 9.17) is 33.7 Å². The zero-order valence-corrected chi connectivity index (χ0v) is 37.1. The third kappa shape index (κ3) is 8.39. The zero-order valence-electron chi connectivity index (χ0n) is 37.1. The lowest BCUT2D eigenvalue weighted by molar-refractivity contribution is -0.138. The smallest absolute Gasteiger partial charge is 0.407 e. The number of fused-ring (bicyclic) bond motifs is 6. The van der Waals surface area contributed by atoms with Gasteiger partial charge in [-0.3, -0.25) is 14.6 Å². The van der Waals surface area contributed by atoms with Gasteiger partial charge in [-0.25, -0.2) is 14.6 Å². The van der Waals surface area contributed by atoms with Crippen LogP contribution in [0.2, 0.25) is 0 Å². The molecule has 6 atom stereocenters. The number of carbonyl (C=O) groups is 4. The summed E-state index contributed by atoms with van der Waals surface area (Å²) < 4.78 is 27.1. The maximum absolute atomic E-state index is 14.2. The van der Waals surface area contributed by atoms with Crippen LogP contribution in [0.1, 0.15) is 60.8 Å². The Morgan fingerprint density at radius 2 is 1.69 bits per heavy atom. The molecule has 4 aliphatic heterocycles. The van der Waals surface area contributed by atoms with Crippen LogP contribution in [0.4, 0.5) is 15.3 Å². The first kappa shape index (κ1) is 43.5. The summed E-state index contributed by atoms with van der Waals surface area (Å²) in [6, 6.07) is 21.5. The molecular weight excluding hydrogens is 831 g/mol. The summed E-state index contributed by atoms with van der Waals surface area (Å²) >= 11 is 0. The average molecular weight is 884 g/mol. The van der Waals surface area contributed by atoms with Crippen molar-refractivity contribution in [2.45, 2.75) is 69.5 Å². The first-order chi connectivity index (χ1) is 31.6. The number of methoxy groups -OCH3 is 4. The molecule has 338 valence electrons. The van der Waals surface area contributed by atoms with Crippen LogP contribution in [-0.2, 0) is 41.6 Å². The SMILES string of the molecule is COC[C@H]1C[C@@H](c2ncc(-c3ccc4c(c3)COc3cc5c6c(ccc5cc3-4)N=C([C@@H]3CCCN3C(=O)C(NC(=O)OC)c3ccccc3)C6)[nH]2)N(C(=O)[C@@H](NC(=O)OC)[C@@H](C)OC)C1. The monoisotopic (exact) mass is 883 g/mol. The number of aliphatic imine (C=N–C) groups is 1. The van der Waals surface area contributed by atoms with Gasteiger partial charge >= 0.3 is 12.2 Å². The van der Waals surface area contributed by atoms with Gasteiger partial charge in [0.1, 0.15) is 30.3 Å². The number of nitrogens with zero attached hydrogens (tertiary/aromatic N) is 4. The van der Waals surface area contributed by atoms with E-state index in [0.29, 0.717) is 50.5 Å². The summed E-state index contributed by atoms with van der Waals surface area (Å²) in [6.07, 6.45) is 2.64. The van der Waals surface area contributed by atoms with Crippen molar-refractivity contribution in [3.63, 3.8) is 0 Å². The van der Waals surface area contributed by atoms with Crippen molar-refractivity contribution >= 4 is 46.2 Å². The van der Waals surface area contributed by atoms with Crippen LogP contribution >= 0.6 is 0 Å². The maximum atomic E-state index is 14.2. The number of ether oxygens (including phenoxy) is 5. The molecule has 2 saturated heterocycles. The van der Waals surface area contributed by atoms with Crippen molar-refractivity contribution < 1.29 is 42.9 Å². The molecule has 0 saturated carbocycles. The highest BCUT2D eigenvalue weighted by atomic mass is 16.5. The Bertz CT molecular complexity index is 2670. The number of aromatic nitrogens is 2. The lowest BCUT2D eigenvalue weighted by Crippen LogP contribution is -2.54. The van der Waals surface area contributed by atoms with Crippen molar-refractivity contribution in [3.8, 4) is 28.1 Å². The Balaban J connectivity index is 0.937. The predicted molar refractivity (Wildman–Crippen MR) is 242 cm³/mol. The Morgan fingerprint density at radius 1 is 0.892 bits per heavy atom.